The lowest BCUT2D eigenvalue weighted by Gasteiger charge is -2.12. The van der Waals surface area contributed by atoms with Crippen LogP contribution >= 0.6 is 0 Å². The summed E-state index contributed by atoms with van der Waals surface area (Å²) in [5.74, 6) is -0.625. The molecule has 4 aromatic carbocycles. The van der Waals surface area contributed by atoms with Crippen LogP contribution in [0.15, 0.2) is 97.1 Å². The largest absolute Gasteiger partial charge is 0.494 e. The van der Waals surface area contributed by atoms with Crippen molar-refractivity contribution in [3.8, 4) is 34.5 Å². The summed E-state index contributed by atoms with van der Waals surface area (Å²) in [7, 11) is 0. The van der Waals surface area contributed by atoms with Gasteiger partial charge in [-0.15, -0.1) is 0 Å². The first-order valence-electron chi connectivity index (χ1n) is 21.3. The van der Waals surface area contributed by atoms with Crippen LogP contribution in [0.5, 0.6) is 34.5 Å². The number of hydrogen-bond donors (Lipinski definition) is 0. The van der Waals surface area contributed by atoms with Crippen LogP contribution in [-0.4, -0.2) is 37.1 Å². The molecule has 0 N–H and O–H groups in total. The number of rotatable bonds is 27. The van der Waals surface area contributed by atoms with Crippen molar-refractivity contribution in [3.05, 3.63) is 108 Å². The molecule has 0 aliphatic rings. The molecule has 0 radical (unpaired) electrons. The van der Waals surface area contributed by atoms with Gasteiger partial charge in [0.1, 0.15) is 34.5 Å². The fraction of sp³-hybridized carbons (Fsp3) is 0.429. The van der Waals surface area contributed by atoms with Gasteiger partial charge < -0.3 is 28.4 Å². The fourth-order valence-electron chi connectivity index (χ4n) is 6.08. The number of hydrogen-bond acceptors (Lipinski definition) is 10. The van der Waals surface area contributed by atoms with Crippen LogP contribution in [0.2, 0.25) is 0 Å². The lowest BCUT2D eigenvalue weighted by atomic mass is 10.1. The lowest BCUT2D eigenvalue weighted by molar-refractivity contribution is -0.144. The summed E-state index contributed by atoms with van der Waals surface area (Å²) in [5, 5.41) is 0. The summed E-state index contributed by atoms with van der Waals surface area (Å²) in [5.41, 5.74) is 0.543. The van der Waals surface area contributed by atoms with E-state index >= 15 is 0 Å². The predicted octanol–water partition coefficient (Wildman–Crippen LogP) is 11.9. The second kappa shape index (κ2) is 26.4. The second-order valence-corrected chi connectivity index (χ2v) is 14.7. The number of carbonyl (C=O) groups excluding carboxylic acids is 4. The molecule has 4 rings (SSSR count). The van der Waals surface area contributed by atoms with Crippen molar-refractivity contribution in [3.63, 3.8) is 0 Å². The number of esters is 4. The maximum absolute atomic E-state index is 12.7. The van der Waals surface area contributed by atoms with Crippen molar-refractivity contribution in [1.29, 1.82) is 0 Å². The molecule has 4 aromatic rings. The van der Waals surface area contributed by atoms with Crippen LogP contribution in [0.3, 0.4) is 0 Å². The van der Waals surface area contributed by atoms with E-state index in [0.29, 0.717) is 24.7 Å². The minimum absolute atomic E-state index is 0.208. The number of carbonyl (C=O) groups is 4. The van der Waals surface area contributed by atoms with Crippen LogP contribution in [0.25, 0.3) is 0 Å². The highest BCUT2D eigenvalue weighted by molar-refractivity contribution is 5.92. The molecule has 1 unspecified atom stereocenters. The van der Waals surface area contributed by atoms with Gasteiger partial charge in [0.05, 0.1) is 36.7 Å². The Hall–Kier alpha value is -5.64. The zero-order valence-corrected chi connectivity index (χ0v) is 34.9. The number of unbranched alkanes of at least 4 members (excludes halogenated alkanes) is 12. The van der Waals surface area contributed by atoms with Crippen molar-refractivity contribution in [2.24, 2.45) is 5.92 Å². The second-order valence-electron chi connectivity index (χ2n) is 14.7. The quantitative estimate of drug-likeness (QED) is 0.0327. The highest BCUT2D eigenvalue weighted by atomic mass is 16.6. The van der Waals surface area contributed by atoms with Gasteiger partial charge in [-0.3, -0.25) is 9.59 Å². The first-order chi connectivity index (χ1) is 28.7. The van der Waals surface area contributed by atoms with Gasteiger partial charge in [0, 0.05) is 0 Å². The van der Waals surface area contributed by atoms with E-state index in [9.17, 15) is 19.2 Å². The molecule has 0 bridgehead atoms. The molecule has 0 fully saturated rings. The molecule has 0 saturated carbocycles. The Morgan fingerprint density at radius 1 is 0.407 bits per heavy atom. The molecule has 0 heterocycles. The zero-order chi connectivity index (χ0) is 42.1. The summed E-state index contributed by atoms with van der Waals surface area (Å²) in [4.78, 5) is 50.8. The van der Waals surface area contributed by atoms with Crippen molar-refractivity contribution in [1.82, 2.24) is 0 Å². The molecular formula is C49H60O10. The van der Waals surface area contributed by atoms with Crippen molar-refractivity contribution >= 4 is 23.9 Å². The minimum Gasteiger partial charge on any atom is -0.494 e. The summed E-state index contributed by atoms with van der Waals surface area (Å²) < 4.78 is 33.4. The van der Waals surface area contributed by atoms with Crippen LogP contribution in [0, 0.1) is 5.92 Å². The first kappa shape index (κ1) is 46.1. The number of ether oxygens (including phenoxy) is 6. The van der Waals surface area contributed by atoms with E-state index in [1.165, 1.54) is 113 Å². The van der Waals surface area contributed by atoms with E-state index in [1.54, 1.807) is 55.5 Å². The molecule has 10 heteroatoms. The van der Waals surface area contributed by atoms with Crippen LogP contribution in [0.4, 0.5) is 0 Å². The van der Waals surface area contributed by atoms with Gasteiger partial charge in [0.15, 0.2) is 0 Å². The first-order valence-corrected chi connectivity index (χ1v) is 21.3. The summed E-state index contributed by atoms with van der Waals surface area (Å²) >= 11 is 0. The van der Waals surface area contributed by atoms with E-state index in [4.69, 9.17) is 28.4 Å². The van der Waals surface area contributed by atoms with Crippen LogP contribution < -0.4 is 28.4 Å². The smallest absolute Gasteiger partial charge is 0.343 e. The predicted molar refractivity (Wildman–Crippen MR) is 228 cm³/mol. The van der Waals surface area contributed by atoms with E-state index in [0.717, 1.165) is 37.2 Å². The number of benzene rings is 4. The molecule has 0 aliphatic heterocycles. The van der Waals surface area contributed by atoms with E-state index < -0.39 is 29.8 Å². The maximum Gasteiger partial charge on any atom is 0.343 e. The van der Waals surface area contributed by atoms with E-state index in [1.807, 2.05) is 0 Å². The van der Waals surface area contributed by atoms with E-state index in [2.05, 4.69) is 13.8 Å². The summed E-state index contributed by atoms with van der Waals surface area (Å²) in [6.45, 7) is 7.28. The average molecular weight is 809 g/mol. The molecule has 0 spiro atoms. The molecule has 10 nitrogen and oxygen atoms in total. The van der Waals surface area contributed by atoms with Gasteiger partial charge in [0.25, 0.3) is 0 Å². The topological polar surface area (TPSA) is 124 Å². The molecule has 0 aromatic heterocycles. The SMILES string of the molecule is CCCCCCCCCOc1ccc(OC(=O)c2ccc(OC(=O)CC(C)C(=O)Oc3ccc(C(=O)Oc4ccc(OCCCCCCCCC)cc4)cc3)cc2)cc1. The molecule has 1 atom stereocenters. The highest BCUT2D eigenvalue weighted by Crippen LogP contribution is 2.23. The van der Waals surface area contributed by atoms with Gasteiger partial charge in [-0.25, -0.2) is 9.59 Å². The third-order valence-corrected chi connectivity index (χ3v) is 9.61. The Morgan fingerprint density at radius 2 is 0.729 bits per heavy atom. The van der Waals surface area contributed by atoms with Crippen LogP contribution in [0.1, 0.15) is 138 Å². The van der Waals surface area contributed by atoms with Gasteiger partial charge in [-0.05, 0) is 110 Å². The lowest BCUT2D eigenvalue weighted by Crippen LogP contribution is -2.23. The molecule has 59 heavy (non-hydrogen) atoms. The van der Waals surface area contributed by atoms with Crippen LogP contribution in [-0.2, 0) is 9.59 Å². The zero-order valence-electron chi connectivity index (χ0n) is 34.9. The third kappa shape index (κ3) is 17.8. The summed E-state index contributed by atoms with van der Waals surface area (Å²) in [6, 6.07) is 25.7. The average Bonchev–Trinajstić information content (AvgIpc) is 3.24. The Labute approximate surface area is 349 Å². The van der Waals surface area contributed by atoms with Gasteiger partial charge in [0.2, 0.25) is 0 Å². The van der Waals surface area contributed by atoms with Gasteiger partial charge >= 0.3 is 23.9 Å². The van der Waals surface area contributed by atoms with E-state index in [-0.39, 0.29) is 29.0 Å². The maximum atomic E-state index is 12.7. The molecule has 316 valence electrons. The molecular weight excluding hydrogens is 749 g/mol. The Balaban J connectivity index is 1.12. The van der Waals surface area contributed by atoms with Gasteiger partial charge in [-0.2, -0.15) is 0 Å². The fourth-order valence-corrected chi connectivity index (χ4v) is 6.08. The monoisotopic (exact) mass is 808 g/mol. The Kier molecular flexibility index (Phi) is 20.6. The minimum atomic E-state index is -0.819. The molecule has 0 aliphatic carbocycles. The third-order valence-electron chi connectivity index (χ3n) is 9.61. The van der Waals surface area contributed by atoms with Crippen molar-refractivity contribution < 1.29 is 47.6 Å². The van der Waals surface area contributed by atoms with Gasteiger partial charge in [-0.1, -0.05) is 97.8 Å². The Bertz CT molecular complexity index is 1830. The standard InChI is InChI=1S/C49H60O10/c1-4-6-8-10-12-14-16-34-54-40-26-30-44(31-27-40)58-48(52)38-18-22-42(23-19-38)56-46(50)36-37(3)47(51)57-43-24-20-39(21-25-43)49(53)59-45-32-28-41(29-33-45)55-35-17-15-13-11-9-7-5-2/h18-33,37H,4-17,34-36H2,1-3H3. The normalized spacial score (nSPS) is 11.3. The Morgan fingerprint density at radius 3 is 1.14 bits per heavy atom. The molecule has 0 amide bonds. The summed E-state index contributed by atoms with van der Waals surface area (Å²) in [6.07, 6.45) is 16.8. The molecule has 0 saturated heterocycles. The highest BCUT2D eigenvalue weighted by Gasteiger charge is 2.21. The van der Waals surface area contributed by atoms with Crippen molar-refractivity contribution in [2.45, 2.75) is 117 Å². The van der Waals surface area contributed by atoms with Crippen molar-refractivity contribution in [2.75, 3.05) is 13.2 Å².